The second kappa shape index (κ2) is 6.06. The van der Waals surface area contributed by atoms with Gasteiger partial charge in [0.25, 0.3) is 0 Å². The van der Waals surface area contributed by atoms with Gasteiger partial charge in [0.15, 0.2) is 0 Å². The van der Waals surface area contributed by atoms with Crippen molar-refractivity contribution in [3.8, 4) is 0 Å². The Morgan fingerprint density at radius 3 is 2.42 bits per heavy atom. The third-order valence-corrected chi connectivity index (χ3v) is 4.81. The molecule has 1 heterocycles. The second-order valence-electron chi connectivity index (χ2n) is 5.60. The maximum Gasteiger partial charge on any atom is 0.127 e. The van der Waals surface area contributed by atoms with Gasteiger partial charge >= 0.3 is 0 Å². The molecular formula is C15H28N4. The van der Waals surface area contributed by atoms with Crippen LogP contribution in [0.2, 0.25) is 0 Å². The molecule has 0 saturated heterocycles. The molecule has 2 rings (SSSR count). The lowest BCUT2D eigenvalue weighted by atomic mass is 9.85. The molecule has 108 valence electrons. The maximum atomic E-state index is 4.60. The van der Waals surface area contributed by atoms with Crippen molar-refractivity contribution >= 4 is 0 Å². The lowest BCUT2D eigenvalue weighted by Gasteiger charge is -2.45. The predicted octanol–water partition coefficient (Wildman–Crippen LogP) is 2.34. The number of rotatable bonds is 6. The predicted molar refractivity (Wildman–Crippen MR) is 79.1 cm³/mol. The van der Waals surface area contributed by atoms with Gasteiger partial charge in [-0.1, -0.05) is 26.7 Å². The minimum atomic E-state index is 0.233. The van der Waals surface area contributed by atoms with Crippen LogP contribution in [0.15, 0.2) is 12.4 Å². The SMILES string of the molecule is CCN(CC)C1(C(NC)c2nccn2C)CCCC1. The fraction of sp³-hybridized carbons (Fsp3) is 0.800. The van der Waals surface area contributed by atoms with Gasteiger partial charge < -0.3 is 9.88 Å². The van der Waals surface area contributed by atoms with E-state index in [1.54, 1.807) is 0 Å². The van der Waals surface area contributed by atoms with Crippen molar-refractivity contribution in [1.29, 1.82) is 0 Å². The van der Waals surface area contributed by atoms with Crippen LogP contribution in [0.4, 0.5) is 0 Å². The van der Waals surface area contributed by atoms with Crippen LogP contribution in [0.25, 0.3) is 0 Å². The summed E-state index contributed by atoms with van der Waals surface area (Å²) in [7, 11) is 4.17. The van der Waals surface area contributed by atoms with Crippen molar-refractivity contribution in [2.75, 3.05) is 20.1 Å². The molecule has 0 aliphatic heterocycles. The van der Waals surface area contributed by atoms with E-state index in [2.05, 4.69) is 47.7 Å². The van der Waals surface area contributed by atoms with Gasteiger partial charge in [-0.2, -0.15) is 0 Å². The first-order valence-corrected chi connectivity index (χ1v) is 7.59. The van der Waals surface area contributed by atoms with Crippen LogP contribution in [0.5, 0.6) is 0 Å². The number of hydrogen-bond acceptors (Lipinski definition) is 3. The molecule has 1 aromatic rings. The summed E-state index contributed by atoms with van der Waals surface area (Å²) in [6.45, 7) is 6.77. The molecule has 4 heteroatoms. The van der Waals surface area contributed by atoms with Crippen molar-refractivity contribution in [3.05, 3.63) is 18.2 Å². The van der Waals surface area contributed by atoms with Crippen LogP contribution < -0.4 is 5.32 Å². The summed E-state index contributed by atoms with van der Waals surface area (Å²) < 4.78 is 2.16. The molecule has 1 atom stereocenters. The van der Waals surface area contributed by atoms with E-state index in [1.807, 2.05) is 12.4 Å². The Kier molecular flexibility index (Phi) is 4.63. The Bertz CT molecular complexity index is 389. The molecule has 19 heavy (non-hydrogen) atoms. The smallest absolute Gasteiger partial charge is 0.127 e. The number of hydrogen-bond donors (Lipinski definition) is 1. The zero-order valence-electron chi connectivity index (χ0n) is 12.8. The van der Waals surface area contributed by atoms with Gasteiger partial charge in [-0.25, -0.2) is 4.98 Å². The van der Waals surface area contributed by atoms with Crippen molar-refractivity contribution < 1.29 is 0 Å². The fourth-order valence-electron chi connectivity index (χ4n) is 3.92. The van der Waals surface area contributed by atoms with E-state index < -0.39 is 0 Å². The van der Waals surface area contributed by atoms with E-state index in [0.717, 1.165) is 18.9 Å². The van der Waals surface area contributed by atoms with Crippen LogP contribution in [0.3, 0.4) is 0 Å². The Morgan fingerprint density at radius 2 is 2.00 bits per heavy atom. The first kappa shape index (κ1) is 14.5. The lowest BCUT2D eigenvalue weighted by Crippen LogP contribution is -2.55. The summed E-state index contributed by atoms with van der Waals surface area (Å²) in [5, 5.41) is 3.55. The summed E-state index contributed by atoms with van der Waals surface area (Å²) in [5.74, 6) is 1.16. The number of imidazole rings is 1. The number of aryl methyl sites for hydroxylation is 1. The normalized spacial score (nSPS) is 20.1. The summed E-state index contributed by atoms with van der Waals surface area (Å²) in [6, 6.07) is 0.315. The minimum absolute atomic E-state index is 0.233. The fourth-order valence-corrected chi connectivity index (χ4v) is 3.92. The number of nitrogens with zero attached hydrogens (tertiary/aromatic N) is 3. The van der Waals surface area contributed by atoms with E-state index in [-0.39, 0.29) is 5.54 Å². The van der Waals surface area contributed by atoms with Crippen molar-refractivity contribution in [3.63, 3.8) is 0 Å². The number of nitrogens with one attached hydrogen (secondary N) is 1. The third-order valence-electron chi connectivity index (χ3n) is 4.81. The molecule has 0 bridgehead atoms. The van der Waals surface area contributed by atoms with Gasteiger partial charge in [-0.05, 0) is 33.0 Å². The van der Waals surface area contributed by atoms with E-state index in [4.69, 9.17) is 0 Å². The minimum Gasteiger partial charge on any atom is -0.337 e. The largest absolute Gasteiger partial charge is 0.337 e. The topological polar surface area (TPSA) is 33.1 Å². The maximum absolute atomic E-state index is 4.60. The van der Waals surface area contributed by atoms with Crippen LogP contribution in [0, 0.1) is 0 Å². The quantitative estimate of drug-likeness (QED) is 0.856. The highest BCUT2D eigenvalue weighted by molar-refractivity contribution is 5.12. The van der Waals surface area contributed by atoms with E-state index in [1.165, 1.54) is 25.7 Å². The van der Waals surface area contributed by atoms with Gasteiger partial charge in [0, 0.05) is 25.0 Å². The molecule has 1 aliphatic carbocycles. The molecule has 0 spiro atoms. The molecular weight excluding hydrogens is 236 g/mol. The van der Waals surface area contributed by atoms with Gasteiger partial charge in [-0.15, -0.1) is 0 Å². The van der Waals surface area contributed by atoms with Crippen LogP contribution in [-0.4, -0.2) is 40.1 Å². The monoisotopic (exact) mass is 264 g/mol. The third kappa shape index (κ3) is 2.43. The zero-order valence-corrected chi connectivity index (χ0v) is 12.8. The summed E-state index contributed by atoms with van der Waals surface area (Å²) >= 11 is 0. The van der Waals surface area contributed by atoms with Crippen molar-refractivity contribution in [2.24, 2.45) is 7.05 Å². The number of likely N-dealkylation sites (N-methyl/N-ethyl adjacent to an activating group) is 2. The van der Waals surface area contributed by atoms with Gasteiger partial charge in [0.1, 0.15) is 5.82 Å². The second-order valence-corrected chi connectivity index (χ2v) is 5.60. The summed E-state index contributed by atoms with van der Waals surface area (Å²) in [5.41, 5.74) is 0.233. The standard InChI is InChI=1S/C15H28N4/c1-5-19(6-2)15(9-7-8-10-15)13(16-3)14-17-11-12-18(14)4/h11-13,16H,5-10H2,1-4H3. The highest BCUT2D eigenvalue weighted by Gasteiger charge is 2.46. The van der Waals surface area contributed by atoms with Gasteiger partial charge in [0.05, 0.1) is 6.04 Å². The summed E-state index contributed by atoms with van der Waals surface area (Å²) in [6.07, 6.45) is 9.16. The van der Waals surface area contributed by atoms with Crippen molar-refractivity contribution in [2.45, 2.75) is 51.1 Å². The molecule has 1 aliphatic rings. The molecule has 1 unspecified atom stereocenters. The van der Waals surface area contributed by atoms with Crippen LogP contribution >= 0.6 is 0 Å². The highest BCUT2D eigenvalue weighted by Crippen LogP contribution is 2.43. The van der Waals surface area contributed by atoms with Crippen molar-refractivity contribution in [1.82, 2.24) is 19.8 Å². The average Bonchev–Trinajstić information content (AvgIpc) is 3.04. The van der Waals surface area contributed by atoms with E-state index in [9.17, 15) is 0 Å². The molecule has 0 amide bonds. The Labute approximate surface area is 117 Å². The van der Waals surface area contributed by atoms with Crippen LogP contribution in [-0.2, 0) is 7.05 Å². The highest BCUT2D eigenvalue weighted by atomic mass is 15.2. The molecule has 0 aromatic carbocycles. The van der Waals surface area contributed by atoms with Gasteiger partial charge in [0.2, 0.25) is 0 Å². The summed E-state index contributed by atoms with van der Waals surface area (Å²) in [4.78, 5) is 7.24. The average molecular weight is 264 g/mol. The molecule has 1 aromatic heterocycles. The first-order valence-electron chi connectivity index (χ1n) is 7.59. The van der Waals surface area contributed by atoms with E-state index >= 15 is 0 Å². The molecule has 1 N–H and O–H groups in total. The Balaban J connectivity index is 2.39. The first-order chi connectivity index (χ1) is 9.19. The molecule has 4 nitrogen and oxygen atoms in total. The molecule has 1 fully saturated rings. The molecule has 0 radical (unpaired) electrons. The Hall–Kier alpha value is -0.870. The Morgan fingerprint density at radius 1 is 1.37 bits per heavy atom. The van der Waals surface area contributed by atoms with Crippen LogP contribution in [0.1, 0.15) is 51.4 Å². The zero-order chi connectivity index (χ0) is 13.9. The van der Waals surface area contributed by atoms with E-state index in [0.29, 0.717) is 6.04 Å². The van der Waals surface area contributed by atoms with Gasteiger partial charge in [-0.3, -0.25) is 4.90 Å². The number of aromatic nitrogens is 2. The lowest BCUT2D eigenvalue weighted by molar-refractivity contribution is 0.0614. The molecule has 1 saturated carbocycles.